The molecular formula is C30H47N5O7. The molecule has 1 aliphatic heterocycles. The van der Waals surface area contributed by atoms with E-state index < -0.39 is 65.1 Å². The van der Waals surface area contributed by atoms with Gasteiger partial charge in [0.05, 0.1) is 6.04 Å². The number of hydrogen-bond donors (Lipinski definition) is 5. The third kappa shape index (κ3) is 7.77. The molecule has 42 heavy (non-hydrogen) atoms. The summed E-state index contributed by atoms with van der Waals surface area (Å²) in [7, 11) is 0. The lowest BCUT2D eigenvalue weighted by molar-refractivity contribution is -0.145. The van der Waals surface area contributed by atoms with E-state index in [0.717, 1.165) is 6.42 Å². The Morgan fingerprint density at radius 3 is 2.21 bits per heavy atom. The summed E-state index contributed by atoms with van der Waals surface area (Å²) in [5.74, 6) is -4.05. The van der Waals surface area contributed by atoms with Gasteiger partial charge in [-0.1, -0.05) is 67.0 Å². The summed E-state index contributed by atoms with van der Waals surface area (Å²) in [6.07, 6.45) is 3.06. The number of fused-ring (bicyclic) bond motifs is 1. The number of carbonyl (C=O) groups is 6. The van der Waals surface area contributed by atoms with Crippen LogP contribution in [0.4, 0.5) is 4.79 Å². The van der Waals surface area contributed by atoms with Gasteiger partial charge in [0.15, 0.2) is 0 Å². The van der Waals surface area contributed by atoms with Gasteiger partial charge in [0.25, 0.3) is 5.91 Å². The van der Waals surface area contributed by atoms with Gasteiger partial charge in [-0.3, -0.25) is 19.2 Å². The van der Waals surface area contributed by atoms with Gasteiger partial charge in [-0.25, -0.2) is 9.59 Å². The predicted octanol–water partition coefficient (Wildman–Crippen LogP) is 1.76. The SMILES string of the molecule is C=CCNC(=O)C(=O)C(CCCC)NC(=O)[C@@H]1[C@@H]2[C@H](CN1C(=O)[C@@H](NC(=O)N[C@@H](C(=C)C)C(=O)O)C(C)(C)C)C2(C)C. The molecule has 1 unspecified atom stereocenters. The third-order valence-corrected chi connectivity index (χ3v) is 8.27. The van der Waals surface area contributed by atoms with Gasteiger partial charge in [0.1, 0.15) is 18.1 Å². The van der Waals surface area contributed by atoms with Gasteiger partial charge < -0.3 is 31.3 Å². The van der Waals surface area contributed by atoms with Crippen LogP contribution in [0.25, 0.3) is 0 Å². The summed E-state index contributed by atoms with van der Waals surface area (Å²) in [5.41, 5.74) is -0.815. The molecule has 2 rings (SSSR count). The number of ketones is 1. The molecule has 0 bridgehead atoms. The highest BCUT2D eigenvalue weighted by Gasteiger charge is 2.69. The van der Waals surface area contributed by atoms with Crippen molar-refractivity contribution < 1.29 is 33.9 Å². The Labute approximate surface area is 248 Å². The fourth-order valence-electron chi connectivity index (χ4n) is 5.67. The van der Waals surface area contributed by atoms with Crippen LogP contribution in [0.1, 0.15) is 67.7 Å². The number of likely N-dealkylation sites (tertiary alicyclic amines) is 1. The topological polar surface area (TPSA) is 174 Å². The van der Waals surface area contributed by atoms with E-state index in [1.807, 2.05) is 20.8 Å². The summed E-state index contributed by atoms with van der Waals surface area (Å²) >= 11 is 0. The fraction of sp³-hybridized carbons (Fsp3) is 0.667. The molecule has 2 fully saturated rings. The normalized spacial score (nSPS) is 22.5. The number of rotatable bonds is 14. The zero-order valence-corrected chi connectivity index (χ0v) is 25.8. The second kappa shape index (κ2) is 13.5. The van der Waals surface area contributed by atoms with Gasteiger partial charge in [0, 0.05) is 13.1 Å². The molecule has 12 nitrogen and oxygen atoms in total. The van der Waals surface area contributed by atoms with Crippen molar-refractivity contribution in [2.24, 2.45) is 22.7 Å². The number of nitrogens with one attached hydrogen (secondary N) is 4. The highest BCUT2D eigenvalue weighted by molar-refractivity contribution is 6.38. The number of carboxylic acid groups (broad SMARTS) is 1. The molecule has 1 saturated heterocycles. The van der Waals surface area contributed by atoms with Crippen molar-refractivity contribution in [2.45, 2.75) is 91.9 Å². The minimum atomic E-state index is -1.35. The van der Waals surface area contributed by atoms with Crippen molar-refractivity contribution in [3.63, 3.8) is 0 Å². The first-order chi connectivity index (χ1) is 19.4. The van der Waals surface area contributed by atoms with E-state index in [1.54, 1.807) is 20.8 Å². The van der Waals surface area contributed by atoms with E-state index in [1.165, 1.54) is 17.9 Å². The van der Waals surface area contributed by atoms with Crippen molar-refractivity contribution in [3.05, 3.63) is 24.8 Å². The van der Waals surface area contributed by atoms with Crippen LogP contribution in [0.3, 0.4) is 0 Å². The van der Waals surface area contributed by atoms with Crippen LogP contribution >= 0.6 is 0 Å². The van der Waals surface area contributed by atoms with Crippen LogP contribution in [0.5, 0.6) is 0 Å². The van der Waals surface area contributed by atoms with Crippen molar-refractivity contribution in [2.75, 3.05) is 13.1 Å². The lowest BCUT2D eigenvalue weighted by Gasteiger charge is -2.38. The van der Waals surface area contributed by atoms with E-state index >= 15 is 0 Å². The second-order valence-electron chi connectivity index (χ2n) is 13.0. The average molecular weight is 590 g/mol. The number of carbonyl (C=O) groups excluding carboxylic acids is 5. The van der Waals surface area contributed by atoms with Gasteiger partial charge in [-0.15, -0.1) is 6.58 Å². The molecule has 1 heterocycles. The van der Waals surface area contributed by atoms with Crippen molar-refractivity contribution in [3.8, 4) is 0 Å². The summed E-state index contributed by atoms with van der Waals surface area (Å²) < 4.78 is 0. The van der Waals surface area contributed by atoms with Crippen molar-refractivity contribution in [1.82, 2.24) is 26.2 Å². The smallest absolute Gasteiger partial charge is 0.330 e. The number of carboxylic acids is 1. The number of nitrogens with zero attached hydrogens (tertiary/aromatic N) is 1. The van der Waals surface area contributed by atoms with E-state index in [0.29, 0.717) is 6.42 Å². The molecule has 1 saturated carbocycles. The maximum absolute atomic E-state index is 14.0. The molecule has 234 valence electrons. The molecule has 6 atom stereocenters. The maximum Gasteiger partial charge on any atom is 0.330 e. The Morgan fingerprint density at radius 1 is 1.10 bits per heavy atom. The second-order valence-corrected chi connectivity index (χ2v) is 13.0. The molecule has 0 aromatic rings. The fourth-order valence-corrected chi connectivity index (χ4v) is 5.67. The number of urea groups is 1. The first-order valence-electron chi connectivity index (χ1n) is 14.4. The largest absolute Gasteiger partial charge is 0.479 e. The number of unbranched alkanes of at least 4 members (excludes halogenated alkanes) is 1. The summed E-state index contributed by atoms with van der Waals surface area (Å²) in [4.78, 5) is 79.0. The van der Waals surface area contributed by atoms with E-state index in [-0.39, 0.29) is 42.3 Å². The van der Waals surface area contributed by atoms with E-state index in [2.05, 4.69) is 34.4 Å². The summed E-state index contributed by atoms with van der Waals surface area (Å²) in [6.45, 7) is 20.2. The molecule has 0 aromatic carbocycles. The minimum absolute atomic E-state index is 0.0344. The molecule has 5 N–H and O–H groups in total. The van der Waals surface area contributed by atoms with Gasteiger partial charge in [0.2, 0.25) is 17.6 Å². The van der Waals surface area contributed by atoms with E-state index in [4.69, 9.17) is 0 Å². The first-order valence-corrected chi connectivity index (χ1v) is 14.4. The molecule has 0 aromatic heterocycles. The average Bonchev–Trinajstić information content (AvgIpc) is 3.22. The molecule has 5 amide bonds. The third-order valence-electron chi connectivity index (χ3n) is 8.27. The molecule has 0 spiro atoms. The number of piperidine rings is 1. The molecule has 12 heteroatoms. The molecular weight excluding hydrogens is 542 g/mol. The Balaban J connectivity index is 2.33. The van der Waals surface area contributed by atoms with Crippen LogP contribution < -0.4 is 21.3 Å². The van der Waals surface area contributed by atoms with Crippen LogP contribution in [-0.4, -0.2) is 82.8 Å². The predicted molar refractivity (Wildman–Crippen MR) is 157 cm³/mol. The lowest BCUT2D eigenvalue weighted by atomic mass is 9.85. The zero-order valence-electron chi connectivity index (χ0n) is 25.8. The van der Waals surface area contributed by atoms with Gasteiger partial charge >= 0.3 is 12.0 Å². The molecule has 2 aliphatic rings. The van der Waals surface area contributed by atoms with Crippen LogP contribution in [0.2, 0.25) is 0 Å². The highest BCUT2D eigenvalue weighted by atomic mass is 16.4. The minimum Gasteiger partial charge on any atom is -0.479 e. The number of amides is 5. The van der Waals surface area contributed by atoms with Crippen LogP contribution in [-0.2, 0) is 24.0 Å². The quantitative estimate of drug-likeness (QED) is 0.152. The number of hydrogen-bond acceptors (Lipinski definition) is 6. The molecule has 1 aliphatic carbocycles. The first kappa shape index (κ1) is 34.5. The van der Waals surface area contributed by atoms with Crippen molar-refractivity contribution >= 4 is 35.5 Å². The monoisotopic (exact) mass is 589 g/mol. The van der Waals surface area contributed by atoms with Crippen LogP contribution in [0.15, 0.2) is 24.8 Å². The number of Topliss-reactive ketones (excluding diaryl/α,β-unsaturated/α-hetero) is 1. The molecule has 0 radical (unpaired) electrons. The number of aliphatic carboxylic acids is 1. The Bertz CT molecular complexity index is 1110. The van der Waals surface area contributed by atoms with Crippen LogP contribution in [0, 0.1) is 22.7 Å². The standard InChI is InChI=1S/C30H47N5O7/c1-10-12-13-18(22(36)25(38)31-14-11-2)32-24(37)21-19-17(30(19,8)9)15-35(21)26(39)23(29(5,6)7)34-28(42)33-20(16(3)4)27(40)41/h11,17-21,23H,2-3,10,12-15H2,1,4-9H3,(H,31,38)(H,32,37)(H,40,41)(H2,33,34,42)/t17-,18?,19-,20-,21-,23+/m0/s1. The Hall–Kier alpha value is -3.70. The van der Waals surface area contributed by atoms with Gasteiger partial charge in [-0.05, 0) is 41.6 Å². The van der Waals surface area contributed by atoms with E-state index in [9.17, 15) is 33.9 Å². The zero-order chi connectivity index (χ0) is 32.2. The Morgan fingerprint density at radius 2 is 1.71 bits per heavy atom. The maximum atomic E-state index is 14.0. The summed E-state index contributed by atoms with van der Waals surface area (Å²) in [5, 5.41) is 19.6. The lowest BCUT2D eigenvalue weighted by Crippen LogP contribution is -2.62. The Kier molecular flexibility index (Phi) is 11.1. The summed E-state index contributed by atoms with van der Waals surface area (Å²) in [6, 6.07) is -5.28. The highest BCUT2D eigenvalue weighted by Crippen LogP contribution is 2.65. The van der Waals surface area contributed by atoms with Gasteiger partial charge in [-0.2, -0.15) is 0 Å². The van der Waals surface area contributed by atoms with Crippen molar-refractivity contribution in [1.29, 1.82) is 0 Å².